The van der Waals surface area contributed by atoms with E-state index in [4.69, 9.17) is 4.74 Å². The maximum absolute atomic E-state index is 13.3. The van der Waals surface area contributed by atoms with E-state index in [9.17, 15) is 14.3 Å². The van der Waals surface area contributed by atoms with Crippen molar-refractivity contribution < 1.29 is 19.0 Å². The quantitative estimate of drug-likeness (QED) is 0.535. The maximum Gasteiger partial charge on any atom is 0.409 e. The normalized spacial score (nSPS) is 14.0. The van der Waals surface area contributed by atoms with Gasteiger partial charge in [-0.1, -0.05) is 46.3 Å². The van der Waals surface area contributed by atoms with Gasteiger partial charge in [0.05, 0.1) is 18.8 Å². The summed E-state index contributed by atoms with van der Waals surface area (Å²) in [6.45, 7) is 5.87. The van der Waals surface area contributed by atoms with Gasteiger partial charge >= 0.3 is 6.09 Å². The molecule has 0 saturated carbocycles. The van der Waals surface area contributed by atoms with Gasteiger partial charge in [-0.25, -0.2) is 9.18 Å². The van der Waals surface area contributed by atoms with Gasteiger partial charge in [-0.05, 0) is 55.2 Å². The van der Waals surface area contributed by atoms with Crippen LogP contribution in [0.3, 0.4) is 0 Å². The molecule has 0 heterocycles. The minimum Gasteiger partial charge on any atom is -0.453 e. The third-order valence-electron chi connectivity index (χ3n) is 4.84. The molecule has 2 aromatic rings. The topological polar surface area (TPSA) is 49.8 Å². The van der Waals surface area contributed by atoms with E-state index < -0.39 is 11.7 Å². The third-order valence-corrected chi connectivity index (χ3v) is 5.33. The lowest BCUT2D eigenvalue weighted by molar-refractivity contribution is 0.0158. The largest absolute Gasteiger partial charge is 0.453 e. The molecule has 1 N–H and O–H groups in total. The van der Waals surface area contributed by atoms with Gasteiger partial charge in [0.15, 0.2) is 0 Å². The number of aliphatic hydroxyl groups is 1. The van der Waals surface area contributed by atoms with Gasteiger partial charge in [-0.15, -0.1) is 6.58 Å². The Morgan fingerprint density at radius 2 is 2.04 bits per heavy atom. The van der Waals surface area contributed by atoms with Crippen LogP contribution in [0.15, 0.2) is 65.7 Å². The molecular formula is C22H25BrFNO3. The Labute approximate surface area is 173 Å². The van der Waals surface area contributed by atoms with Crippen LogP contribution in [0, 0.1) is 5.82 Å². The van der Waals surface area contributed by atoms with Crippen molar-refractivity contribution in [2.24, 2.45) is 0 Å². The van der Waals surface area contributed by atoms with Gasteiger partial charge in [-0.2, -0.15) is 0 Å². The highest BCUT2D eigenvalue weighted by atomic mass is 79.9. The average Bonchev–Trinajstić information content (AvgIpc) is 2.68. The molecule has 4 nitrogen and oxygen atoms in total. The van der Waals surface area contributed by atoms with Crippen molar-refractivity contribution in [2.45, 2.75) is 31.4 Å². The fraction of sp³-hybridized carbons (Fsp3) is 0.318. The molecule has 2 aromatic carbocycles. The summed E-state index contributed by atoms with van der Waals surface area (Å²) in [5, 5.41) is 11.2. The molecule has 0 aromatic heterocycles. The van der Waals surface area contributed by atoms with Crippen LogP contribution in [0.2, 0.25) is 0 Å². The van der Waals surface area contributed by atoms with Crippen LogP contribution >= 0.6 is 15.9 Å². The first-order valence-corrected chi connectivity index (χ1v) is 9.79. The SMILES string of the molecule is C=CCC(O)(CCN(C(=O)OC)[C@@H](C)c1cccc(Br)c1)c1ccc(F)cc1. The molecule has 0 aliphatic heterocycles. The first-order valence-electron chi connectivity index (χ1n) is 9.00. The molecule has 150 valence electrons. The van der Waals surface area contributed by atoms with Crippen molar-refractivity contribution in [1.82, 2.24) is 4.90 Å². The van der Waals surface area contributed by atoms with E-state index in [2.05, 4.69) is 22.5 Å². The van der Waals surface area contributed by atoms with Crippen LogP contribution in [-0.2, 0) is 10.3 Å². The fourth-order valence-electron chi connectivity index (χ4n) is 3.18. The lowest BCUT2D eigenvalue weighted by Crippen LogP contribution is -2.38. The molecule has 0 fully saturated rings. The van der Waals surface area contributed by atoms with Crippen LogP contribution in [0.5, 0.6) is 0 Å². The minimum atomic E-state index is -1.27. The smallest absolute Gasteiger partial charge is 0.409 e. The number of halogens is 2. The van der Waals surface area contributed by atoms with Crippen LogP contribution in [-0.4, -0.2) is 29.8 Å². The van der Waals surface area contributed by atoms with Crippen LogP contribution < -0.4 is 0 Å². The van der Waals surface area contributed by atoms with Crippen molar-refractivity contribution in [1.29, 1.82) is 0 Å². The molecule has 0 saturated heterocycles. The third kappa shape index (κ3) is 5.42. The van der Waals surface area contributed by atoms with E-state index >= 15 is 0 Å². The van der Waals surface area contributed by atoms with Gasteiger partial charge in [0.25, 0.3) is 0 Å². The van der Waals surface area contributed by atoms with E-state index in [1.165, 1.54) is 19.2 Å². The average molecular weight is 450 g/mol. The predicted octanol–water partition coefficient (Wildman–Crippen LogP) is 5.57. The second-order valence-corrected chi connectivity index (χ2v) is 7.59. The molecule has 0 bridgehead atoms. The van der Waals surface area contributed by atoms with E-state index in [0.29, 0.717) is 5.56 Å². The summed E-state index contributed by atoms with van der Waals surface area (Å²) in [5.74, 6) is -0.371. The lowest BCUT2D eigenvalue weighted by atomic mass is 9.87. The fourth-order valence-corrected chi connectivity index (χ4v) is 3.59. The molecule has 0 aliphatic rings. The number of rotatable bonds is 8. The standard InChI is InChI=1S/C22H25BrFNO3/c1-4-12-22(27,18-8-10-20(24)11-9-18)13-14-25(21(26)28-3)16(2)17-6-5-7-19(23)15-17/h4-11,15-16,27H,1,12-14H2,2-3H3/t16-,22?/m0/s1. The Kier molecular flexibility index (Phi) is 7.78. The number of carbonyl (C=O) groups is 1. The first-order chi connectivity index (χ1) is 13.3. The number of ether oxygens (including phenoxy) is 1. The number of hydrogen-bond donors (Lipinski definition) is 1. The number of hydrogen-bond acceptors (Lipinski definition) is 3. The molecule has 1 amide bonds. The molecular weight excluding hydrogens is 425 g/mol. The van der Waals surface area contributed by atoms with E-state index in [1.807, 2.05) is 31.2 Å². The van der Waals surface area contributed by atoms with Crippen molar-refractivity contribution in [3.05, 3.63) is 82.6 Å². The summed E-state index contributed by atoms with van der Waals surface area (Å²) in [4.78, 5) is 14.0. The Bertz CT molecular complexity index is 812. The van der Waals surface area contributed by atoms with Gasteiger partial charge in [-0.3, -0.25) is 0 Å². The van der Waals surface area contributed by atoms with Crippen molar-refractivity contribution in [3.63, 3.8) is 0 Å². The molecule has 0 aliphatic carbocycles. The Hall–Kier alpha value is -2.18. The molecule has 28 heavy (non-hydrogen) atoms. The summed E-state index contributed by atoms with van der Waals surface area (Å²) < 4.78 is 19.1. The van der Waals surface area contributed by atoms with Crippen LogP contribution in [0.25, 0.3) is 0 Å². The molecule has 2 rings (SSSR count). The highest BCUT2D eigenvalue weighted by molar-refractivity contribution is 9.10. The molecule has 0 radical (unpaired) electrons. The molecule has 2 atom stereocenters. The lowest BCUT2D eigenvalue weighted by Gasteiger charge is -2.33. The number of amides is 1. The number of benzene rings is 2. The Balaban J connectivity index is 2.26. The van der Waals surface area contributed by atoms with Gasteiger partial charge in [0, 0.05) is 11.0 Å². The van der Waals surface area contributed by atoms with Crippen molar-refractivity contribution in [2.75, 3.05) is 13.7 Å². The van der Waals surface area contributed by atoms with Gasteiger partial charge in [0.2, 0.25) is 0 Å². The Morgan fingerprint density at radius 3 is 2.61 bits per heavy atom. The number of carbonyl (C=O) groups excluding carboxylic acids is 1. The van der Waals surface area contributed by atoms with Crippen molar-refractivity contribution >= 4 is 22.0 Å². The second-order valence-electron chi connectivity index (χ2n) is 6.68. The zero-order chi connectivity index (χ0) is 20.7. The maximum atomic E-state index is 13.3. The number of nitrogens with zero attached hydrogens (tertiary/aromatic N) is 1. The van der Waals surface area contributed by atoms with Gasteiger partial charge in [0.1, 0.15) is 5.82 Å². The zero-order valence-corrected chi connectivity index (χ0v) is 17.7. The highest BCUT2D eigenvalue weighted by Crippen LogP contribution is 2.32. The highest BCUT2D eigenvalue weighted by Gasteiger charge is 2.31. The van der Waals surface area contributed by atoms with Crippen LogP contribution in [0.4, 0.5) is 9.18 Å². The second kappa shape index (κ2) is 9.85. The van der Waals surface area contributed by atoms with E-state index in [1.54, 1.807) is 23.1 Å². The molecule has 1 unspecified atom stereocenters. The van der Waals surface area contributed by atoms with E-state index in [0.717, 1.165) is 10.0 Å². The van der Waals surface area contributed by atoms with Crippen LogP contribution in [0.1, 0.15) is 36.9 Å². The molecule has 6 heteroatoms. The van der Waals surface area contributed by atoms with Crippen molar-refractivity contribution in [3.8, 4) is 0 Å². The first kappa shape index (κ1) is 22.1. The van der Waals surface area contributed by atoms with E-state index in [-0.39, 0.29) is 31.2 Å². The summed E-state index contributed by atoms with van der Waals surface area (Å²) >= 11 is 3.44. The summed E-state index contributed by atoms with van der Waals surface area (Å²) in [6, 6.07) is 13.2. The van der Waals surface area contributed by atoms with Gasteiger partial charge < -0.3 is 14.7 Å². The molecule has 0 spiro atoms. The minimum absolute atomic E-state index is 0.248. The summed E-state index contributed by atoms with van der Waals surface area (Å²) in [7, 11) is 1.33. The zero-order valence-electron chi connectivity index (χ0n) is 16.1. The summed E-state index contributed by atoms with van der Waals surface area (Å²) in [5.41, 5.74) is 0.251. The summed E-state index contributed by atoms with van der Waals surface area (Å²) in [6.07, 6.45) is 1.66. The predicted molar refractivity (Wildman–Crippen MR) is 111 cm³/mol. The number of methoxy groups -OCH3 is 1. The Morgan fingerprint density at radius 1 is 1.36 bits per heavy atom. The monoisotopic (exact) mass is 449 g/mol.